The first-order valence-electron chi connectivity index (χ1n) is 13.9. The molecule has 0 fully saturated rings. The van der Waals surface area contributed by atoms with E-state index >= 15 is 0 Å². The average Bonchev–Trinajstić information content (AvgIpc) is 2.81. The number of pyridine rings is 1. The largest absolute Gasteiger partial charge is 0.222 e. The summed E-state index contributed by atoms with van der Waals surface area (Å²) in [5.74, 6) is 0. The Labute approximate surface area is 232 Å². The monoisotopic (exact) mass is 518 g/mol. The molecule has 2 heterocycles. The molecule has 0 bridgehead atoms. The minimum atomic E-state index is 0.198. The minimum absolute atomic E-state index is 0.198. The van der Waals surface area contributed by atoms with Gasteiger partial charge >= 0.3 is 0 Å². The van der Waals surface area contributed by atoms with Crippen molar-refractivity contribution in [3.8, 4) is 11.3 Å². The predicted molar refractivity (Wildman–Crippen MR) is 165 cm³/mol. The fraction of sp³-hybridized carbons (Fsp3) is 0.361. The molecular weight excluding hydrogens is 478 g/mol. The minimum Gasteiger partial charge on any atom is -0.200 e. The Hall–Kier alpha value is -2.84. The van der Waals surface area contributed by atoms with Gasteiger partial charge in [-0.1, -0.05) is 89.7 Å². The van der Waals surface area contributed by atoms with E-state index in [-0.39, 0.29) is 10.8 Å². The Morgan fingerprint density at radius 3 is 2.13 bits per heavy atom. The summed E-state index contributed by atoms with van der Waals surface area (Å²) < 4.78 is 2.36. The Morgan fingerprint density at radius 1 is 0.763 bits per heavy atom. The zero-order valence-corrected chi connectivity index (χ0v) is 25.3. The molecule has 1 aliphatic heterocycles. The van der Waals surface area contributed by atoms with E-state index in [2.05, 4.69) is 122 Å². The molecule has 4 aromatic carbocycles. The molecule has 0 spiro atoms. The summed E-state index contributed by atoms with van der Waals surface area (Å²) in [6.45, 7) is 18.7. The third kappa shape index (κ3) is 4.13. The van der Waals surface area contributed by atoms with E-state index in [0.29, 0.717) is 0 Å². The third-order valence-corrected chi connectivity index (χ3v) is 9.17. The maximum atomic E-state index is 2.49. The quantitative estimate of drug-likeness (QED) is 0.163. The topological polar surface area (TPSA) is 3.88 Å². The number of fused-ring (bicyclic) bond motifs is 5. The molecule has 0 saturated carbocycles. The number of nitrogens with zero attached hydrogens (tertiary/aromatic N) is 1. The molecule has 0 amide bonds. The second kappa shape index (κ2) is 8.58. The molecule has 1 aromatic heterocycles. The van der Waals surface area contributed by atoms with Gasteiger partial charge in [-0.2, -0.15) is 0 Å². The Balaban J connectivity index is 1.74. The van der Waals surface area contributed by atoms with E-state index in [9.17, 15) is 0 Å². The summed E-state index contributed by atoms with van der Waals surface area (Å²) in [4.78, 5) is 2.84. The Morgan fingerprint density at radius 2 is 1.45 bits per heavy atom. The summed E-state index contributed by atoms with van der Waals surface area (Å²) in [5.41, 5.74) is 8.97. The SMILES string of the molecule is Cc1c2c(c(CC(C)(C)C)c3ccccc13)Sc1cc3cc(CC(C)(C)C)cc(C)c3c3cc[n+](C)c-2c13. The number of aromatic nitrogens is 1. The van der Waals surface area contributed by atoms with E-state index < -0.39 is 0 Å². The van der Waals surface area contributed by atoms with Crippen LogP contribution >= 0.6 is 11.8 Å². The lowest BCUT2D eigenvalue weighted by atomic mass is 9.82. The van der Waals surface area contributed by atoms with Gasteiger partial charge in [0.15, 0.2) is 6.20 Å². The van der Waals surface area contributed by atoms with Gasteiger partial charge in [0.2, 0.25) is 5.69 Å². The smallest absolute Gasteiger partial charge is 0.200 e. The van der Waals surface area contributed by atoms with E-state index in [4.69, 9.17) is 0 Å². The van der Waals surface area contributed by atoms with Gasteiger partial charge in [-0.3, -0.25) is 0 Å². The second-order valence-corrected chi connectivity index (χ2v) is 14.9. The van der Waals surface area contributed by atoms with Crippen molar-refractivity contribution in [2.45, 2.75) is 78.0 Å². The van der Waals surface area contributed by atoms with Crippen molar-refractivity contribution in [3.05, 3.63) is 77.0 Å². The van der Waals surface area contributed by atoms with Crippen LogP contribution in [0.5, 0.6) is 0 Å². The fourth-order valence-electron chi connectivity index (χ4n) is 6.65. The van der Waals surface area contributed by atoms with Crippen LogP contribution in [0.3, 0.4) is 0 Å². The van der Waals surface area contributed by atoms with E-state index in [1.807, 2.05) is 11.8 Å². The van der Waals surface area contributed by atoms with E-state index in [1.54, 1.807) is 0 Å². The average molecular weight is 519 g/mol. The fourth-order valence-corrected chi connectivity index (χ4v) is 8.03. The van der Waals surface area contributed by atoms with E-state index in [0.717, 1.165) is 12.8 Å². The summed E-state index contributed by atoms with van der Waals surface area (Å²) in [6.07, 6.45) is 4.42. The van der Waals surface area contributed by atoms with Gasteiger partial charge in [0, 0.05) is 21.2 Å². The summed E-state index contributed by atoms with van der Waals surface area (Å²) >= 11 is 2.01. The van der Waals surface area contributed by atoms with Crippen LogP contribution in [0.2, 0.25) is 0 Å². The van der Waals surface area contributed by atoms with Crippen molar-refractivity contribution in [2.24, 2.45) is 17.9 Å². The molecule has 5 aromatic rings. The Bertz CT molecular complexity index is 1780. The molecule has 194 valence electrons. The molecule has 0 N–H and O–H groups in total. The zero-order valence-electron chi connectivity index (χ0n) is 24.5. The number of rotatable bonds is 2. The molecule has 1 nitrogen and oxygen atoms in total. The first kappa shape index (κ1) is 25.4. The number of benzene rings is 4. The van der Waals surface area contributed by atoms with Crippen molar-refractivity contribution in [1.82, 2.24) is 0 Å². The van der Waals surface area contributed by atoms with Crippen LogP contribution < -0.4 is 4.57 Å². The summed E-state index contributed by atoms with van der Waals surface area (Å²) in [6, 6.07) is 18.8. The zero-order chi connectivity index (χ0) is 27.1. The van der Waals surface area contributed by atoms with Crippen molar-refractivity contribution in [2.75, 3.05) is 0 Å². The van der Waals surface area contributed by atoms with Crippen molar-refractivity contribution < 1.29 is 4.57 Å². The first-order chi connectivity index (χ1) is 17.8. The van der Waals surface area contributed by atoms with Crippen LogP contribution in [0.25, 0.3) is 43.6 Å². The molecule has 0 unspecified atom stereocenters. The van der Waals surface area contributed by atoms with Gasteiger partial charge in [-0.15, -0.1) is 0 Å². The lowest BCUT2D eigenvalue weighted by molar-refractivity contribution is -0.659. The summed E-state index contributed by atoms with van der Waals surface area (Å²) in [7, 11) is 2.22. The van der Waals surface area contributed by atoms with Crippen LogP contribution in [0.15, 0.2) is 64.5 Å². The molecule has 0 radical (unpaired) electrons. The lowest BCUT2D eigenvalue weighted by Gasteiger charge is -2.28. The predicted octanol–water partition coefficient (Wildman–Crippen LogP) is 9.90. The third-order valence-electron chi connectivity index (χ3n) is 7.97. The van der Waals surface area contributed by atoms with Crippen molar-refractivity contribution >= 4 is 44.1 Å². The van der Waals surface area contributed by atoms with Crippen molar-refractivity contribution in [3.63, 3.8) is 0 Å². The number of hydrogen-bond acceptors (Lipinski definition) is 1. The highest BCUT2D eigenvalue weighted by Crippen LogP contribution is 2.53. The second-order valence-electron chi connectivity index (χ2n) is 13.9. The highest BCUT2D eigenvalue weighted by Gasteiger charge is 2.33. The molecule has 0 aliphatic carbocycles. The van der Waals surface area contributed by atoms with Crippen LogP contribution in [0.4, 0.5) is 0 Å². The van der Waals surface area contributed by atoms with Gasteiger partial charge in [0.25, 0.3) is 0 Å². The molecule has 38 heavy (non-hydrogen) atoms. The van der Waals surface area contributed by atoms with E-state index in [1.165, 1.54) is 75.6 Å². The highest BCUT2D eigenvalue weighted by molar-refractivity contribution is 8.00. The summed E-state index contributed by atoms with van der Waals surface area (Å²) in [5, 5.41) is 8.36. The molecular formula is C36H40NS+. The molecule has 6 rings (SSSR count). The maximum absolute atomic E-state index is 2.49. The number of aryl methyl sites for hydroxylation is 3. The maximum Gasteiger partial charge on any atom is 0.222 e. The van der Waals surface area contributed by atoms with Gasteiger partial charge in [0.05, 0.1) is 10.9 Å². The molecule has 1 aliphatic rings. The van der Waals surface area contributed by atoms with Crippen LogP contribution in [-0.4, -0.2) is 0 Å². The van der Waals surface area contributed by atoms with Gasteiger partial charge in [-0.25, -0.2) is 4.57 Å². The highest BCUT2D eigenvalue weighted by atomic mass is 32.2. The normalized spacial score (nSPS) is 13.5. The van der Waals surface area contributed by atoms with Crippen LogP contribution in [-0.2, 0) is 19.9 Å². The standard InChI is InChI=1S/C36H40NS/c1-21-16-23(19-35(3,4)5)17-24-18-29-32-27(30(21)24)14-15-37(9)33(32)31-22(2)25-12-10-11-13-26(25)28(34(31)38-29)20-36(6,7)8/h10-18H,19-20H2,1-9H3/q+1. The van der Waals surface area contributed by atoms with Gasteiger partial charge < -0.3 is 0 Å². The van der Waals surface area contributed by atoms with Crippen LogP contribution in [0, 0.1) is 24.7 Å². The van der Waals surface area contributed by atoms with Gasteiger partial charge in [0.1, 0.15) is 7.05 Å². The molecule has 2 heteroatoms. The molecule has 0 saturated heterocycles. The lowest BCUT2D eigenvalue weighted by Crippen LogP contribution is -2.32. The van der Waals surface area contributed by atoms with Gasteiger partial charge in [-0.05, 0) is 87.4 Å². The number of hydrogen-bond donors (Lipinski definition) is 0. The van der Waals surface area contributed by atoms with Crippen LogP contribution in [0.1, 0.15) is 63.8 Å². The Kier molecular flexibility index (Phi) is 5.74. The molecule has 0 atom stereocenters. The first-order valence-corrected chi connectivity index (χ1v) is 14.7. The van der Waals surface area contributed by atoms with Crippen molar-refractivity contribution in [1.29, 1.82) is 0 Å².